The molecular formula is C21H23Cl2N3OS. The molecule has 2 N–H and O–H groups in total. The number of nitrogens with zero attached hydrogens (tertiary/aromatic N) is 2. The van der Waals surface area contributed by atoms with Crippen molar-refractivity contribution < 1.29 is 4.79 Å². The Bertz CT molecular complexity index is 950. The van der Waals surface area contributed by atoms with Gasteiger partial charge in [0.2, 0.25) is 0 Å². The van der Waals surface area contributed by atoms with Crippen molar-refractivity contribution in [3.63, 3.8) is 0 Å². The van der Waals surface area contributed by atoms with E-state index in [0.717, 1.165) is 54.3 Å². The molecule has 0 spiro atoms. The molecule has 0 bridgehead atoms. The van der Waals surface area contributed by atoms with Crippen LogP contribution in [0.25, 0.3) is 10.1 Å². The van der Waals surface area contributed by atoms with Crippen LogP contribution >= 0.6 is 35.3 Å². The molecule has 1 amide bonds. The van der Waals surface area contributed by atoms with Crippen molar-refractivity contribution in [2.45, 2.75) is 6.42 Å². The fourth-order valence-corrected chi connectivity index (χ4v) is 4.65. The van der Waals surface area contributed by atoms with Gasteiger partial charge in [-0.15, -0.1) is 23.7 Å². The maximum atomic E-state index is 11.5. The van der Waals surface area contributed by atoms with E-state index in [1.807, 2.05) is 18.2 Å². The van der Waals surface area contributed by atoms with Gasteiger partial charge in [0.05, 0.1) is 4.88 Å². The molecule has 1 saturated heterocycles. The SMILES string of the molecule is Cl.NC(=O)c1cc2c(N3CCN(CCc4ccc(Cl)cc4)CC3)cccc2s1. The second-order valence-electron chi connectivity index (χ2n) is 6.87. The number of hydrogen-bond acceptors (Lipinski definition) is 4. The van der Waals surface area contributed by atoms with Gasteiger partial charge >= 0.3 is 0 Å². The fraction of sp³-hybridized carbons (Fsp3) is 0.286. The van der Waals surface area contributed by atoms with E-state index in [0.29, 0.717) is 4.88 Å². The van der Waals surface area contributed by atoms with Crippen molar-refractivity contribution in [2.24, 2.45) is 5.73 Å². The van der Waals surface area contributed by atoms with Crippen LogP contribution in [0.1, 0.15) is 15.2 Å². The number of halogens is 2. The minimum absolute atomic E-state index is 0. The molecule has 0 radical (unpaired) electrons. The molecule has 0 atom stereocenters. The van der Waals surface area contributed by atoms with Gasteiger partial charge in [0.15, 0.2) is 0 Å². The van der Waals surface area contributed by atoms with Crippen LogP contribution in [0.15, 0.2) is 48.5 Å². The van der Waals surface area contributed by atoms with E-state index in [2.05, 4.69) is 40.1 Å². The third kappa shape index (κ3) is 4.61. The highest BCUT2D eigenvalue weighted by Gasteiger charge is 2.19. The minimum atomic E-state index is -0.353. The molecule has 0 unspecified atom stereocenters. The van der Waals surface area contributed by atoms with Crippen LogP contribution in [0.5, 0.6) is 0 Å². The van der Waals surface area contributed by atoms with Crippen LogP contribution in [-0.4, -0.2) is 43.5 Å². The van der Waals surface area contributed by atoms with Crippen LogP contribution in [0, 0.1) is 0 Å². The normalized spacial score (nSPS) is 14.8. The van der Waals surface area contributed by atoms with Crippen molar-refractivity contribution in [3.05, 3.63) is 64.0 Å². The van der Waals surface area contributed by atoms with Gasteiger partial charge in [0.1, 0.15) is 0 Å². The van der Waals surface area contributed by atoms with E-state index < -0.39 is 0 Å². The monoisotopic (exact) mass is 435 g/mol. The average molecular weight is 436 g/mol. The average Bonchev–Trinajstić information content (AvgIpc) is 3.13. The predicted octanol–water partition coefficient (Wildman–Crippen LogP) is 4.44. The van der Waals surface area contributed by atoms with Crippen molar-refractivity contribution >= 4 is 57.0 Å². The van der Waals surface area contributed by atoms with Gasteiger partial charge in [-0.05, 0) is 42.3 Å². The molecule has 1 aliphatic heterocycles. The zero-order valence-corrected chi connectivity index (χ0v) is 17.8. The molecule has 2 heterocycles. The Labute approximate surface area is 180 Å². The summed E-state index contributed by atoms with van der Waals surface area (Å²) in [6.07, 6.45) is 1.04. The summed E-state index contributed by atoms with van der Waals surface area (Å²) in [7, 11) is 0. The Balaban J connectivity index is 0.00000225. The van der Waals surface area contributed by atoms with Crippen LogP contribution in [-0.2, 0) is 6.42 Å². The maximum absolute atomic E-state index is 11.5. The zero-order chi connectivity index (χ0) is 18.8. The van der Waals surface area contributed by atoms with E-state index in [-0.39, 0.29) is 18.3 Å². The number of nitrogens with two attached hydrogens (primary N) is 1. The highest BCUT2D eigenvalue weighted by molar-refractivity contribution is 7.20. The van der Waals surface area contributed by atoms with Gasteiger partial charge < -0.3 is 10.6 Å². The number of rotatable bonds is 5. The lowest BCUT2D eigenvalue weighted by Crippen LogP contribution is -2.47. The van der Waals surface area contributed by atoms with Crippen LogP contribution in [0.3, 0.4) is 0 Å². The summed E-state index contributed by atoms with van der Waals surface area (Å²) < 4.78 is 1.12. The first-order valence-corrected chi connectivity index (χ1v) is 10.3. The lowest BCUT2D eigenvalue weighted by Gasteiger charge is -2.36. The third-order valence-electron chi connectivity index (χ3n) is 5.12. The first-order chi connectivity index (χ1) is 13.1. The highest BCUT2D eigenvalue weighted by Crippen LogP contribution is 2.33. The number of carbonyl (C=O) groups is 1. The summed E-state index contributed by atoms with van der Waals surface area (Å²) >= 11 is 7.42. The number of anilines is 1. The van der Waals surface area contributed by atoms with E-state index in [4.69, 9.17) is 17.3 Å². The quantitative estimate of drug-likeness (QED) is 0.644. The van der Waals surface area contributed by atoms with Crippen molar-refractivity contribution in [2.75, 3.05) is 37.6 Å². The molecule has 0 aliphatic carbocycles. The molecule has 1 aliphatic rings. The molecule has 3 aromatic rings. The summed E-state index contributed by atoms with van der Waals surface area (Å²) in [6.45, 7) is 5.11. The van der Waals surface area contributed by atoms with E-state index in [1.54, 1.807) is 0 Å². The molecule has 148 valence electrons. The second-order valence-corrected chi connectivity index (χ2v) is 8.39. The number of fused-ring (bicyclic) bond motifs is 1. The molecule has 2 aromatic carbocycles. The van der Waals surface area contributed by atoms with Crippen molar-refractivity contribution in [1.82, 2.24) is 4.90 Å². The van der Waals surface area contributed by atoms with Gasteiger partial charge in [-0.25, -0.2) is 0 Å². The van der Waals surface area contributed by atoms with Gasteiger partial charge in [-0.3, -0.25) is 9.69 Å². The predicted molar refractivity (Wildman–Crippen MR) is 121 cm³/mol. The summed E-state index contributed by atoms with van der Waals surface area (Å²) in [5.74, 6) is -0.353. The van der Waals surface area contributed by atoms with E-state index in [1.165, 1.54) is 22.6 Å². The third-order valence-corrected chi connectivity index (χ3v) is 6.49. The number of thiophene rings is 1. The number of benzene rings is 2. The van der Waals surface area contributed by atoms with Gasteiger partial charge in [-0.2, -0.15) is 0 Å². The summed E-state index contributed by atoms with van der Waals surface area (Å²) in [6, 6.07) is 16.3. The molecule has 28 heavy (non-hydrogen) atoms. The van der Waals surface area contributed by atoms with E-state index >= 15 is 0 Å². The zero-order valence-electron chi connectivity index (χ0n) is 15.4. The number of amides is 1. The molecule has 7 heteroatoms. The van der Waals surface area contributed by atoms with Crippen LogP contribution in [0.4, 0.5) is 5.69 Å². The Kier molecular flexibility index (Phi) is 6.83. The Morgan fingerprint density at radius 3 is 2.46 bits per heavy atom. The Hall–Kier alpha value is -1.79. The van der Waals surface area contributed by atoms with Crippen LogP contribution < -0.4 is 10.6 Å². The van der Waals surface area contributed by atoms with Gasteiger partial charge in [0, 0.05) is 53.5 Å². The van der Waals surface area contributed by atoms with Crippen molar-refractivity contribution in [3.8, 4) is 0 Å². The van der Waals surface area contributed by atoms with Gasteiger partial charge in [0.25, 0.3) is 5.91 Å². The summed E-state index contributed by atoms with van der Waals surface area (Å²) in [5, 5.41) is 1.92. The first-order valence-electron chi connectivity index (χ1n) is 9.14. The number of hydrogen-bond donors (Lipinski definition) is 1. The molecule has 0 saturated carbocycles. The standard InChI is InChI=1S/C21H22ClN3OS.ClH/c22-16-6-4-15(5-7-16)8-9-24-10-12-25(13-11-24)18-2-1-3-19-17(18)14-20(27-19)21(23)26;/h1-7,14H,8-13H2,(H2,23,26);1H. The lowest BCUT2D eigenvalue weighted by atomic mass is 10.1. The highest BCUT2D eigenvalue weighted by atomic mass is 35.5. The fourth-order valence-electron chi connectivity index (χ4n) is 3.59. The summed E-state index contributed by atoms with van der Waals surface area (Å²) in [4.78, 5) is 17.1. The topological polar surface area (TPSA) is 49.6 Å². The van der Waals surface area contributed by atoms with Crippen LogP contribution in [0.2, 0.25) is 5.02 Å². The first kappa shape index (κ1) is 20.9. The second kappa shape index (κ2) is 9.14. The molecule has 1 fully saturated rings. The molecule has 4 nitrogen and oxygen atoms in total. The Morgan fingerprint density at radius 2 is 1.79 bits per heavy atom. The number of primary amides is 1. The lowest BCUT2D eigenvalue weighted by molar-refractivity contribution is 0.100. The number of carbonyl (C=O) groups excluding carboxylic acids is 1. The summed E-state index contributed by atoms with van der Waals surface area (Å²) in [5.41, 5.74) is 7.98. The van der Waals surface area contributed by atoms with E-state index in [9.17, 15) is 4.79 Å². The number of piperazine rings is 1. The Morgan fingerprint density at radius 1 is 1.07 bits per heavy atom. The molecule has 1 aromatic heterocycles. The van der Waals surface area contributed by atoms with Crippen molar-refractivity contribution in [1.29, 1.82) is 0 Å². The maximum Gasteiger partial charge on any atom is 0.258 e. The molecule has 4 rings (SSSR count). The smallest absolute Gasteiger partial charge is 0.258 e. The van der Waals surface area contributed by atoms with Gasteiger partial charge in [-0.1, -0.05) is 29.8 Å². The molecular weight excluding hydrogens is 413 g/mol. The minimum Gasteiger partial charge on any atom is -0.368 e. The largest absolute Gasteiger partial charge is 0.368 e.